The van der Waals surface area contributed by atoms with Crippen molar-refractivity contribution in [3.05, 3.63) is 11.9 Å². The van der Waals surface area contributed by atoms with E-state index in [0.717, 1.165) is 5.69 Å². The molecule has 1 heterocycles. The van der Waals surface area contributed by atoms with Gasteiger partial charge in [0.05, 0.1) is 25.5 Å². The molecule has 0 fully saturated rings. The van der Waals surface area contributed by atoms with Crippen LogP contribution in [0.2, 0.25) is 0 Å². The van der Waals surface area contributed by atoms with Gasteiger partial charge in [0.2, 0.25) is 5.91 Å². The Bertz CT molecular complexity index is 455. The molecule has 1 amide bonds. The fraction of sp³-hybridized carbons (Fsp3) is 0.800. The Morgan fingerprint density at radius 1 is 1.24 bits per heavy atom. The van der Waals surface area contributed by atoms with Gasteiger partial charge in [0, 0.05) is 23.6 Å². The number of hydrogen-bond acceptors (Lipinski definition) is 4. The Kier molecular flexibility index (Phi) is 5.89. The molecule has 0 atom stereocenters. The van der Waals surface area contributed by atoms with Crippen molar-refractivity contribution in [1.29, 1.82) is 0 Å². The first kappa shape index (κ1) is 17.6. The van der Waals surface area contributed by atoms with Crippen LogP contribution in [0, 0.1) is 5.41 Å². The number of nitrogens with zero attached hydrogens (tertiary/aromatic N) is 3. The third-order valence-corrected chi connectivity index (χ3v) is 2.98. The van der Waals surface area contributed by atoms with Crippen molar-refractivity contribution in [1.82, 2.24) is 20.3 Å². The van der Waals surface area contributed by atoms with E-state index >= 15 is 0 Å². The maximum absolute atomic E-state index is 11.6. The van der Waals surface area contributed by atoms with Gasteiger partial charge in [0.25, 0.3) is 0 Å². The lowest BCUT2D eigenvalue weighted by Crippen LogP contribution is -2.36. The number of hydrogen-bond donors (Lipinski definition) is 1. The van der Waals surface area contributed by atoms with Crippen molar-refractivity contribution >= 4 is 5.91 Å². The summed E-state index contributed by atoms with van der Waals surface area (Å²) in [6.07, 6.45) is 1.95. The average Bonchev–Trinajstić information content (AvgIpc) is 2.80. The van der Waals surface area contributed by atoms with Crippen LogP contribution in [0.25, 0.3) is 0 Å². The highest BCUT2D eigenvalue weighted by atomic mass is 16.5. The van der Waals surface area contributed by atoms with Crippen LogP contribution < -0.4 is 5.32 Å². The molecule has 0 spiro atoms. The third kappa shape index (κ3) is 6.25. The summed E-state index contributed by atoms with van der Waals surface area (Å²) in [4.78, 5) is 11.6. The molecule has 0 aliphatic rings. The van der Waals surface area contributed by atoms with Crippen molar-refractivity contribution in [3.63, 3.8) is 0 Å². The Labute approximate surface area is 127 Å². The van der Waals surface area contributed by atoms with Gasteiger partial charge in [-0.1, -0.05) is 46.8 Å². The number of carbonyl (C=O) groups is 1. The summed E-state index contributed by atoms with van der Waals surface area (Å²) < 4.78 is 7.28. The fourth-order valence-corrected chi connectivity index (χ4v) is 1.51. The van der Waals surface area contributed by atoms with E-state index in [0.29, 0.717) is 26.3 Å². The van der Waals surface area contributed by atoms with Crippen LogP contribution in [0.5, 0.6) is 0 Å². The third-order valence-electron chi connectivity index (χ3n) is 2.98. The molecule has 0 aromatic carbocycles. The Hall–Kier alpha value is -1.43. The Morgan fingerprint density at radius 2 is 1.90 bits per heavy atom. The highest BCUT2D eigenvalue weighted by molar-refractivity contribution is 5.81. The Balaban J connectivity index is 2.18. The van der Waals surface area contributed by atoms with Crippen LogP contribution in [0.15, 0.2) is 6.20 Å². The van der Waals surface area contributed by atoms with Gasteiger partial charge < -0.3 is 10.1 Å². The minimum absolute atomic E-state index is 0.0103. The zero-order valence-corrected chi connectivity index (χ0v) is 14.1. The summed E-state index contributed by atoms with van der Waals surface area (Å²) in [5, 5.41) is 11.1. The predicted octanol–water partition coefficient (Wildman–Crippen LogP) is 1.75. The number of nitrogens with one attached hydrogen (secondary N) is 1. The summed E-state index contributed by atoms with van der Waals surface area (Å²) in [6.45, 7) is 14.2. The molecule has 120 valence electrons. The number of ether oxygens (including phenoxy) is 1. The van der Waals surface area contributed by atoms with E-state index in [1.54, 1.807) is 4.68 Å². The molecule has 21 heavy (non-hydrogen) atoms. The lowest BCUT2D eigenvalue weighted by atomic mass is 9.93. The van der Waals surface area contributed by atoms with Gasteiger partial charge in [-0.25, -0.2) is 4.68 Å². The van der Waals surface area contributed by atoms with Crippen molar-refractivity contribution in [3.8, 4) is 0 Å². The number of aromatic nitrogens is 3. The number of rotatable bonds is 6. The molecule has 0 unspecified atom stereocenters. The van der Waals surface area contributed by atoms with E-state index in [2.05, 4.69) is 36.4 Å². The van der Waals surface area contributed by atoms with Gasteiger partial charge in [0.15, 0.2) is 0 Å². The zero-order valence-electron chi connectivity index (χ0n) is 14.1. The van der Waals surface area contributed by atoms with Crippen molar-refractivity contribution < 1.29 is 9.53 Å². The first-order chi connectivity index (χ1) is 9.60. The first-order valence-electron chi connectivity index (χ1n) is 7.37. The molecular formula is C15H28N4O2. The lowest BCUT2D eigenvalue weighted by molar-refractivity contribution is -0.128. The van der Waals surface area contributed by atoms with E-state index in [9.17, 15) is 4.79 Å². The normalized spacial score (nSPS) is 12.5. The molecule has 0 saturated carbocycles. The van der Waals surface area contributed by atoms with Crippen LogP contribution in [-0.2, 0) is 21.5 Å². The maximum Gasteiger partial charge on any atom is 0.225 e. The highest BCUT2D eigenvalue weighted by Gasteiger charge is 2.20. The van der Waals surface area contributed by atoms with Gasteiger partial charge in [-0.3, -0.25) is 4.79 Å². The summed E-state index contributed by atoms with van der Waals surface area (Å²) in [5.74, 6) is 0.0391. The second kappa shape index (κ2) is 7.02. The summed E-state index contributed by atoms with van der Waals surface area (Å²) >= 11 is 0. The smallest absolute Gasteiger partial charge is 0.225 e. The van der Waals surface area contributed by atoms with Gasteiger partial charge in [-0.15, -0.1) is 5.10 Å². The second-order valence-corrected chi connectivity index (χ2v) is 7.24. The van der Waals surface area contributed by atoms with Crippen LogP contribution >= 0.6 is 0 Å². The molecule has 0 radical (unpaired) electrons. The zero-order chi connectivity index (χ0) is 16.1. The van der Waals surface area contributed by atoms with Gasteiger partial charge in [-0.05, 0) is 0 Å². The predicted molar refractivity (Wildman–Crippen MR) is 82.0 cm³/mol. The first-order valence-corrected chi connectivity index (χ1v) is 7.37. The quantitative estimate of drug-likeness (QED) is 0.812. The molecule has 1 rings (SSSR count). The molecule has 1 aromatic heterocycles. The minimum Gasteiger partial charge on any atom is -0.378 e. The summed E-state index contributed by atoms with van der Waals surface area (Å²) in [5.41, 5.74) is 0.625. The monoisotopic (exact) mass is 296 g/mol. The van der Waals surface area contributed by atoms with E-state index in [4.69, 9.17) is 4.74 Å². The second-order valence-electron chi connectivity index (χ2n) is 7.24. The summed E-state index contributed by atoms with van der Waals surface area (Å²) in [7, 11) is 0. The molecule has 0 bridgehead atoms. The van der Waals surface area contributed by atoms with Crippen molar-refractivity contribution in [2.45, 2.75) is 53.5 Å². The van der Waals surface area contributed by atoms with Gasteiger partial charge in [-0.2, -0.15) is 0 Å². The molecule has 1 aromatic rings. The molecule has 6 heteroatoms. The van der Waals surface area contributed by atoms with E-state index < -0.39 is 0 Å². The standard InChI is InChI=1S/C15H28N4O2/c1-14(2,3)12-11-19(18-17-12)8-10-21-9-7-16-13(20)15(4,5)6/h11H,7-10H2,1-6H3,(H,16,20). The molecule has 0 aliphatic carbocycles. The lowest BCUT2D eigenvalue weighted by Gasteiger charge is -2.17. The van der Waals surface area contributed by atoms with Crippen LogP contribution in [0.3, 0.4) is 0 Å². The van der Waals surface area contributed by atoms with Crippen LogP contribution in [0.4, 0.5) is 0 Å². The van der Waals surface area contributed by atoms with E-state index in [-0.39, 0.29) is 16.7 Å². The topological polar surface area (TPSA) is 69.0 Å². The molecule has 6 nitrogen and oxygen atoms in total. The molecular weight excluding hydrogens is 268 g/mol. The van der Waals surface area contributed by atoms with E-state index in [1.165, 1.54) is 0 Å². The largest absolute Gasteiger partial charge is 0.378 e. The van der Waals surface area contributed by atoms with Crippen molar-refractivity contribution in [2.24, 2.45) is 5.41 Å². The molecule has 0 saturated heterocycles. The maximum atomic E-state index is 11.6. The fourth-order valence-electron chi connectivity index (χ4n) is 1.51. The molecule has 0 aliphatic heterocycles. The van der Waals surface area contributed by atoms with Gasteiger partial charge >= 0.3 is 0 Å². The van der Waals surface area contributed by atoms with Gasteiger partial charge in [0.1, 0.15) is 0 Å². The molecule has 1 N–H and O–H groups in total. The summed E-state index contributed by atoms with van der Waals surface area (Å²) in [6, 6.07) is 0. The SMILES string of the molecule is CC(C)(C)C(=O)NCCOCCn1cc(C(C)(C)C)nn1. The van der Waals surface area contributed by atoms with E-state index in [1.807, 2.05) is 27.0 Å². The number of carbonyl (C=O) groups excluding carboxylic acids is 1. The van der Waals surface area contributed by atoms with Crippen LogP contribution in [-0.4, -0.2) is 40.7 Å². The average molecular weight is 296 g/mol. The van der Waals surface area contributed by atoms with Crippen LogP contribution in [0.1, 0.15) is 47.2 Å². The highest BCUT2D eigenvalue weighted by Crippen LogP contribution is 2.18. The van der Waals surface area contributed by atoms with Crippen molar-refractivity contribution in [2.75, 3.05) is 19.8 Å². The number of amides is 1. The minimum atomic E-state index is -0.357. The Morgan fingerprint density at radius 3 is 2.43 bits per heavy atom.